The molecule has 9 heteroatoms. The van der Waals surface area contributed by atoms with Crippen LogP contribution in [-0.4, -0.2) is 67.0 Å². The van der Waals surface area contributed by atoms with Crippen LogP contribution in [0.25, 0.3) is 10.9 Å². The molecule has 0 bridgehead atoms. The maximum absolute atomic E-state index is 15.6. The lowest BCUT2D eigenvalue weighted by atomic mass is 10.1. The second-order valence-electron chi connectivity index (χ2n) is 7.24. The highest BCUT2D eigenvalue weighted by Gasteiger charge is 2.27. The molecule has 0 unspecified atom stereocenters. The number of pyridine rings is 1. The van der Waals surface area contributed by atoms with Crippen LogP contribution in [0.4, 0.5) is 14.5 Å². The third-order valence-corrected chi connectivity index (χ3v) is 5.24. The molecule has 2 aromatic rings. The van der Waals surface area contributed by atoms with Crippen molar-refractivity contribution >= 4 is 22.6 Å². The molecule has 0 radical (unpaired) electrons. The van der Waals surface area contributed by atoms with E-state index in [4.69, 9.17) is 4.74 Å². The number of aliphatic hydroxyl groups excluding tert-OH is 1. The first-order chi connectivity index (χ1) is 13.8. The SMILES string of the molecule is CCOC(=O)c1cn([C@H](C)CO)c2c(F)c(N3CCN(C)CC3)c(F)cc2c1=O. The zero-order chi connectivity index (χ0) is 21.3. The fourth-order valence-electron chi connectivity index (χ4n) is 3.54. The zero-order valence-corrected chi connectivity index (χ0v) is 16.7. The number of carbonyl (C=O) groups excluding carboxylic acids is 1. The minimum absolute atomic E-state index is 0.0525. The Bertz CT molecular complexity index is 984. The number of rotatable bonds is 5. The zero-order valence-electron chi connectivity index (χ0n) is 16.7. The molecule has 3 rings (SSSR count). The molecule has 1 saturated heterocycles. The Morgan fingerprint density at radius 3 is 2.52 bits per heavy atom. The first-order valence-electron chi connectivity index (χ1n) is 9.58. The second kappa shape index (κ2) is 8.46. The van der Waals surface area contributed by atoms with Gasteiger partial charge in [-0.25, -0.2) is 13.6 Å². The predicted octanol–water partition coefficient (Wildman–Crippen LogP) is 1.76. The molecule has 0 saturated carbocycles. The van der Waals surface area contributed by atoms with Gasteiger partial charge in [0.15, 0.2) is 5.82 Å². The van der Waals surface area contributed by atoms with E-state index in [2.05, 4.69) is 4.90 Å². The van der Waals surface area contributed by atoms with Crippen molar-refractivity contribution in [3.63, 3.8) is 0 Å². The van der Waals surface area contributed by atoms with Gasteiger partial charge in [0.2, 0.25) is 5.43 Å². The number of ether oxygens (including phenoxy) is 1. The Morgan fingerprint density at radius 2 is 1.93 bits per heavy atom. The molecule has 1 N–H and O–H groups in total. The fourth-order valence-corrected chi connectivity index (χ4v) is 3.54. The van der Waals surface area contributed by atoms with Crippen LogP contribution in [0.3, 0.4) is 0 Å². The van der Waals surface area contributed by atoms with Gasteiger partial charge < -0.3 is 24.2 Å². The van der Waals surface area contributed by atoms with Gasteiger partial charge in [-0.05, 0) is 27.0 Å². The molecule has 1 aromatic carbocycles. The number of fused-ring (bicyclic) bond motifs is 1. The minimum Gasteiger partial charge on any atom is -0.462 e. The van der Waals surface area contributed by atoms with Gasteiger partial charge >= 0.3 is 5.97 Å². The molecule has 7 nitrogen and oxygen atoms in total. The van der Waals surface area contributed by atoms with Crippen molar-refractivity contribution in [1.82, 2.24) is 9.47 Å². The van der Waals surface area contributed by atoms with Crippen molar-refractivity contribution in [2.45, 2.75) is 19.9 Å². The molecular weight excluding hydrogens is 384 g/mol. The first-order valence-corrected chi connectivity index (χ1v) is 9.58. The number of benzene rings is 1. The van der Waals surface area contributed by atoms with E-state index in [-0.39, 0.29) is 35.4 Å². The third kappa shape index (κ3) is 3.84. The Balaban J connectivity index is 2.28. The van der Waals surface area contributed by atoms with Crippen molar-refractivity contribution in [2.75, 3.05) is 51.3 Å². The normalized spacial score (nSPS) is 16.3. The van der Waals surface area contributed by atoms with Crippen LogP contribution in [0.2, 0.25) is 0 Å². The van der Waals surface area contributed by atoms with Crippen molar-refractivity contribution in [1.29, 1.82) is 0 Å². The summed E-state index contributed by atoms with van der Waals surface area (Å²) in [5.74, 6) is -2.61. The van der Waals surface area contributed by atoms with Crippen LogP contribution in [0.15, 0.2) is 17.1 Å². The number of nitrogens with zero attached hydrogens (tertiary/aromatic N) is 3. The summed E-state index contributed by atoms with van der Waals surface area (Å²) in [6, 6.07) is 0.323. The molecule has 0 spiro atoms. The van der Waals surface area contributed by atoms with E-state index in [9.17, 15) is 19.1 Å². The highest BCUT2D eigenvalue weighted by atomic mass is 19.1. The minimum atomic E-state index is -0.877. The summed E-state index contributed by atoms with van der Waals surface area (Å²) in [5.41, 5.74) is -1.47. The van der Waals surface area contributed by atoms with Crippen molar-refractivity contribution < 1.29 is 23.4 Å². The van der Waals surface area contributed by atoms with E-state index >= 15 is 4.39 Å². The summed E-state index contributed by atoms with van der Waals surface area (Å²) in [6.45, 7) is 5.08. The van der Waals surface area contributed by atoms with Crippen LogP contribution in [0.5, 0.6) is 0 Å². The topological polar surface area (TPSA) is 75.0 Å². The third-order valence-electron chi connectivity index (χ3n) is 5.24. The molecule has 0 amide bonds. The van der Waals surface area contributed by atoms with Crippen molar-refractivity contribution in [3.8, 4) is 0 Å². The number of esters is 1. The van der Waals surface area contributed by atoms with Crippen molar-refractivity contribution in [2.24, 2.45) is 0 Å². The van der Waals surface area contributed by atoms with Gasteiger partial charge in [0.05, 0.1) is 30.2 Å². The lowest BCUT2D eigenvalue weighted by Crippen LogP contribution is -2.45. The molecule has 1 aliphatic heterocycles. The molecule has 1 aliphatic rings. The molecule has 2 heterocycles. The van der Waals surface area contributed by atoms with Crippen LogP contribution >= 0.6 is 0 Å². The molecule has 29 heavy (non-hydrogen) atoms. The van der Waals surface area contributed by atoms with Crippen molar-refractivity contribution in [3.05, 3.63) is 39.7 Å². The number of hydrogen-bond acceptors (Lipinski definition) is 6. The van der Waals surface area contributed by atoms with E-state index in [1.54, 1.807) is 18.7 Å². The number of halogens is 2. The predicted molar refractivity (Wildman–Crippen MR) is 106 cm³/mol. The fraction of sp³-hybridized carbons (Fsp3) is 0.500. The monoisotopic (exact) mass is 409 g/mol. The Labute approximate surface area is 167 Å². The van der Waals surface area contributed by atoms with Crippen LogP contribution < -0.4 is 10.3 Å². The summed E-state index contributed by atoms with van der Waals surface area (Å²) >= 11 is 0. The van der Waals surface area contributed by atoms with Gasteiger partial charge in [-0.1, -0.05) is 0 Å². The smallest absolute Gasteiger partial charge is 0.343 e. The van der Waals surface area contributed by atoms with Gasteiger partial charge in [-0.2, -0.15) is 0 Å². The van der Waals surface area contributed by atoms with E-state index in [1.165, 1.54) is 10.8 Å². The number of anilines is 1. The van der Waals surface area contributed by atoms with Crippen LogP contribution in [0.1, 0.15) is 30.2 Å². The number of aliphatic hydroxyl groups is 1. The Hall–Kier alpha value is -2.52. The maximum atomic E-state index is 15.6. The summed E-state index contributed by atoms with van der Waals surface area (Å²) in [7, 11) is 1.93. The lowest BCUT2D eigenvalue weighted by molar-refractivity contribution is 0.0523. The molecule has 158 valence electrons. The van der Waals surface area contributed by atoms with E-state index in [0.29, 0.717) is 26.2 Å². The van der Waals surface area contributed by atoms with Gasteiger partial charge in [-0.3, -0.25) is 4.79 Å². The summed E-state index contributed by atoms with van der Waals surface area (Å²) in [5, 5.41) is 9.35. The standard InChI is InChI=1S/C20H25F2N3O4/c1-4-29-20(28)14-10-25(12(2)11-26)17-13(19(14)27)9-15(21)18(16(17)22)24-7-5-23(3)6-8-24/h9-10,12,26H,4-8,11H2,1-3H3/t12-/m1/s1. The van der Waals surface area contributed by atoms with E-state index < -0.39 is 29.1 Å². The highest BCUT2D eigenvalue weighted by molar-refractivity contribution is 5.95. The number of likely N-dealkylation sites (N-methyl/N-ethyl adjacent to an activating group) is 1. The molecule has 0 aliphatic carbocycles. The lowest BCUT2D eigenvalue weighted by Gasteiger charge is -2.34. The van der Waals surface area contributed by atoms with Crippen LogP contribution in [-0.2, 0) is 4.74 Å². The second-order valence-corrected chi connectivity index (χ2v) is 7.24. The highest BCUT2D eigenvalue weighted by Crippen LogP contribution is 2.32. The van der Waals surface area contributed by atoms with E-state index in [1.807, 2.05) is 7.05 Å². The molecule has 1 aromatic heterocycles. The molecule has 1 fully saturated rings. The van der Waals surface area contributed by atoms with Gasteiger partial charge in [0, 0.05) is 32.4 Å². The molecule has 1 atom stereocenters. The number of aromatic nitrogens is 1. The van der Waals surface area contributed by atoms with Gasteiger partial charge in [0.1, 0.15) is 17.1 Å². The van der Waals surface area contributed by atoms with Crippen LogP contribution in [0, 0.1) is 11.6 Å². The van der Waals surface area contributed by atoms with Gasteiger partial charge in [-0.15, -0.1) is 0 Å². The summed E-state index contributed by atoms with van der Waals surface area (Å²) in [4.78, 5) is 28.7. The van der Waals surface area contributed by atoms with E-state index in [0.717, 1.165) is 6.07 Å². The first kappa shape index (κ1) is 21.2. The average Bonchev–Trinajstić information content (AvgIpc) is 2.69. The Morgan fingerprint density at radius 1 is 1.28 bits per heavy atom. The number of piperazine rings is 1. The maximum Gasteiger partial charge on any atom is 0.343 e. The average molecular weight is 409 g/mol. The largest absolute Gasteiger partial charge is 0.462 e. The molecular formula is C20H25F2N3O4. The Kier molecular flexibility index (Phi) is 6.18. The number of carbonyl (C=O) groups is 1. The quantitative estimate of drug-likeness (QED) is 0.759. The van der Waals surface area contributed by atoms with Gasteiger partial charge in [0.25, 0.3) is 0 Å². The number of hydrogen-bond donors (Lipinski definition) is 1. The summed E-state index contributed by atoms with van der Waals surface area (Å²) in [6.07, 6.45) is 1.18. The summed E-state index contributed by atoms with van der Waals surface area (Å²) < 4.78 is 36.7.